The van der Waals surface area contributed by atoms with Crippen LogP contribution in [0, 0.1) is 0 Å². The summed E-state index contributed by atoms with van der Waals surface area (Å²) in [6, 6.07) is 18.5. The van der Waals surface area contributed by atoms with E-state index in [1.165, 1.54) is 28.7 Å². The Labute approximate surface area is 206 Å². The molecule has 3 N–H and O–H groups in total. The Morgan fingerprint density at radius 2 is 1.60 bits per heavy atom. The fourth-order valence-corrected chi connectivity index (χ4v) is 3.97. The molecule has 0 radical (unpaired) electrons. The standard InChI is InChI=1S/C25H24N6O3S/c1-17(31-16-26-15-27-31)23(32)28-19-9-11-20(12-10-19)29-24(33)21(14-18-6-3-2-4-7-18)30-25(34)22-8-5-13-35-22/h2-13,15-17,21H,14H2,1H3,(H,28,32)(H,29,33)(H,30,34). The molecule has 10 heteroatoms. The lowest BCUT2D eigenvalue weighted by atomic mass is 10.0. The van der Waals surface area contributed by atoms with Crippen molar-refractivity contribution in [2.24, 2.45) is 0 Å². The van der Waals surface area contributed by atoms with Crippen molar-refractivity contribution >= 4 is 40.4 Å². The summed E-state index contributed by atoms with van der Waals surface area (Å²) in [4.78, 5) is 42.5. The number of anilines is 2. The molecule has 2 aromatic heterocycles. The molecular weight excluding hydrogens is 464 g/mol. The van der Waals surface area contributed by atoms with Gasteiger partial charge in [-0.15, -0.1) is 11.3 Å². The van der Waals surface area contributed by atoms with Gasteiger partial charge >= 0.3 is 0 Å². The minimum atomic E-state index is -0.769. The van der Waals surface area contributed by atoms with Gasteiger partial charge in [0.15, 0.2) is 0 Å². The largest absolute Gasteiger partial charge is 0.339 e. The fourth-order valence-electron chi connectivity index (χ4n) is 3.35. The van der Waals surface area contributed by atoms with E-state index in [9.17, 15) is 14.4 Å². The molecule has 3 amide bonds. The van der Waals surface area contributed by atoms with Gasteiger partial charge in [-0.1, -0.05) is 36.4 Å². The van der Waals surface area contributed by atoms with E-state index in [-0.39, 0.29) is 17.7 Å². The summed E-state index contributed by atoms with van der Waals surface area (Å²) in [5, 5.41) is 14.3. The van der Waals surface area contributed by atoms with E-state index in [4.69, 9.17) is 0 Å². The molecule has 0 saturated heterocycles. The predicted molar refractivity (Wildman–Crippen MR) is 134 cm³/mol. The Morgan fingerprint density at radius 1 is 0.914 bits per heavy atom. The molecule has 0 spiro atoms. The van der Waals surface area contributed by atoms with Gasteiger partial charge in [0.1, 0.15) is 24.7 Å². The maximum Gasteiger partial charge on any atom is 0.262 e. The number of nitrogens with zero attached hydrogens (tertiary/aromatic N) is 3. The average molecular weight is 489 g/mol. The Hall–Kier alpha value is -4.31. The number of amides is 3. The Morgan fingerprint density at radius 3 is 2.20 bits per heavy atom. The lowest BCUT2D eigenvalue weighted by Crippen LogP contribution is -2.45. The van der Waals surface area contributed by atoms with E-state index >= 15 is 0 Å². The summed E-state index contributed by atoms with van der Waals surface area (Å²) < 4.78 is 1.46. The molecule has 4 rings (SSSR count). The van der Waals surface area contributed by atoms with E-state index in [0.717, 1.165) is 5.56 Å². The van der Waals surface area contributed by atoms with E-state index in [0.29, 0.717) is 22.7 Å². The van der Waals surface area contributed by atoms with Crippen molar-refractivity contribution < 1.29 is 14.4 Å². The molecule has 2 unspecified atom stereocenters. The summed E-state index contributed by atoms with van der Waals surface area (Å²) in [7, 11) is 0. The lowest BCUT2D eigenvalue weighted by Gasteiger charge is -2.19. The lowest BCUT2D eigenvalue weighted by molar-refractivity contribution is -0.119. The van der Waals surface area contributed by atoms with Gasteiger partial charge in [0, 0.05) is 17.8 Å². The molecule has 0 aliphatic carbocycles. The monoisotopic (exact) mass is 488 g/mol. The quantitative estimate of drug-likeness (QED) is 0.333. The molecule has 0 fully saturated rings. The zero-order valence-corrected chi connectivity index (χ0v) is 19.7. The van der Waals surface area contributed by atoms with Crippen LogP contribution in [0.2, 0.25) is 0 Å². The SMILES string of the molecule is CC(C(=O)Nc1ccc(NC(=O)C(Cc2ccccc2)NC(=O)c2cccs2)cc1)n1cncn1. The number of thiophene rings is 1. The van der Waals surface area contributed by atoms with Crippen molar-refractivity contribution in [3.8, 4) is 0 Å². The third kappa shape index (κ3) is 6.39. The molecular formula is C25H24N6O3S. The van der Waals surface area contributed by atoms with Crippen LogP contribution in [-0.4, -0.2) is 38.5 Å². The first-order valence-corrected chi connectivity index (χ1v) is 11.8. The van der Waals surface area contributed by atoms with Crippen LogP contribution >= 0.6 is 11.3 Å². The first kappa shape index (κ1) is 23.8. The Balaban J connectivity index is 1.41. The third-order valence-corrected chi connectivity index (χ3v) is 6.15. The molecule has 4 aromatic rings. The summed E-state index contributed by atoms with van der Waals surface area (Å²) in [5.41, 5.74) is 2.05. The van der Waals surface area contributed by atoms with Gasteiger partial charge < -0.3 is 16.0 Å². The topological polar surface area (TPSA) is 118 Å². The average Bonchev–Trinajstić information content (AvgIpc) is 3.60. The van der Waals surface area contributed by atoms with Crippen molar-refractivity contribution in [2.75, 3.05) is 10.6 Å². The van der Waals surface area contributed by atoms with Gasteiger partial charge in [-0.3, -0.25) is 14.4 Å². The molecule has 178 valence electrons. The molecule has 9 nitrogen and oxygen atoms in total. The van der Waals surface area contributed by atoms with Crippen LogP contribution in [0.1, 0.15) is 28.2 Å². The number of nitrogens with one attached hydrogen (secondary N) is 3. The summed E-state index contributed by atoms with van der Waals surface area (Å²) in [6.07, 6.45) is 3.19. The Bertz CT molecular complexity index is 1260. The zero-order chi connectivity index (χ0) is 24.6. The van der Waals surface area contributed by atoms with Crippen LogP contribution in [0.4, 0.5) is 11.4 Å². The van der Waals surface area contributed by atoms with E-state index < -0.39 is 12.1 Å². The number of rotatable bonds is 9. The number of benzene rings is 2. The van der Waals surface area contributed by atoms with Gasteiger partial charge in [-0.05, 0) is 48.2 Å². The second kappa shape index (κ2) is 11.2. The highest BCUT2D eigenvalue weighted by Crippen LogP contribution is 2.17. The van der Waals surface area contributed by atoms with Gasteiger partial charge in [-0.2, -0.15) is 5.10 Å². The minimum absolute atomic E-state index is 0.244. The number of aromatic nitrogens is 3. The fraction of sp³-hybridized carbons (Fsp3) is 0.160. The van der Waals surface area contributed by atoms with Crippen LogP contribution in [-0.2, 0) is 16.0 Å². The van der Waals surface area contributed by atoms with E-state index in [1.807, 2.05) is 35.7 Å². The first-order valence-electron chi connectivity index (χ1n) is 10.9. The van der Waals surface area contributed by atoms with Crippen LogP contribution in [0.3, 0.4) is 0 Å². The molecule has 2 atom stereocenters. The number of hydrogen-bond acceptors (Lipinski definition) is 6. The molecule has 2 aromatic carbocycles. The zero-order valence-electron chi connectivity index (χ0n) is 18.9. The van der Waals surface area contributed by atoms with Crippen molar-refractivity contribution in [2.45, 2.75) is 25.4 Å². The highest BCUT2D eigenvalue weighted by Gasteiger charge is 2.23. The molecule has 0 bridgehead atoms. The van der Waals surface area contributed by atoms with Crippen LogP contribution < -0.4 is 16.0 Å². The third-order valence-electron chi connectivity index (χ3n) is 5.28. The van der Waals surface area contributed by atoms with Crippen LogP contribution in [0.5, 0.6) is 0 Å². The van der Waals surface area contributed by atoms with Gasteiger partial charge in [-0.25, -0.2) is 9.67 Å². The van der Waals surface area contributed by atoms with Gasteiger partial charge in [0.2, 0.25) is 11.8 Å². The summed E-state index contributed by atoms with van der Waals surface area (Å²) in [5.74, 6) is -0.877. The summed E-state index contributed by atoms with van der Waals surface area (Å²) in [6.45, 7) is 1.72. The number of carbonyl (C=O) groups is 3. The second-order valence-electron chi connectivity index (χ2n) is 7.80. The van der Waals surface area contributed by atoms with Crippen molar-refractivity contribution in [3.05, 3.63) is 95.2 Å². The highest BCUT2D eigenvalue weighted by molar-refractivity contribution is 7.12. The summed E-state index contributed by atoms with van der Waals surface area (Å²) >= 11 is 1.32. The maximum atomic E-state index is 13.1. The molecule has 2 heterocycles. The van der Waals surface area contributed by atoms with Crippen LogP contribution in [0.25, 0.3) is 0 Å². The smallest absolute Gasteiger partial charge is 0.262 e. The van der Waals surface area contributed by atoms with E-state index in [1.54, 1.807) is 43.3 Å². The van der Waals surface area contributed by atoms with Gasteiger partial charge in [0.25, 0.3) is 5.91 Å². The van der Waals surface area contributed by atoms with E-state index in [2.05, 4.69) is 26.0 Å². The first-order chi connectivity index (χ1) is 17.0. The Kier molecular flexibility index (Phi) is 7.63. The highest BCUT2D eigenvalue weighted by atomic mass is 32.1. The number of hydrogen-bond donors (Lipinski definition) is 3. The normalized spacial score (nSPS) is 12.4. The van der Waals surface area contributed by atoms with Crippen molar-refractivity contribution in [3.63, 3.8) is 0 Å². The number of carbonyl (C=O) groups excluding carboxylic acids is 3. The molecule has 0 aliphatic heterocycles. The predicted octanol–water partition coefficient (Wildman–Crippen LogP) is 3.52. The van der Waals surface area contributed by atoms with Crippen LogP contribution in [0.15, 0.2) is 84.8 Å². The van der Waals surface area contributed by atoms with Gasteiger partial charge in [0.05, 0.1) is 4.88 Å². The minimum Gasteiger partial charge on any atom is -0.339 e. The molecule has 35 heavy (non-hydrogen) atoms. The maximum absolute atomic E-state index is 13.1. The molecule has 0 aliphatic rings. The second-order valence-corrected chi connectivity index (χ2v) is 8.75. The molecule has 0 saturated carbocycles. The van der Waals surface area contributed by atoms with Crippen molar-refractivity contribution in [1.29, 1.82) is 0 Å². The van der Waals surface area contributed by atoms with Crippen molar-refractivity contribution in [1.82, 2.24) is 20.1 Å².